The van der Waals surface area contributed by atoms with E-state index in [4.69, 9.17) is 10.5 Å². The summed E-state index contributed by atoms with van der Waals surface area (Å²) in [5.41, 5.74) is 6.52. The van der Waals surface area contributed by atoms with Crippen molar-refractivity contribution in [2.24, 2.45) is 5.73 Å². The first kappa shape index (κ1) is 15.0. The van der Waals surface area contributed by atoms with E-state index < -0.39 is 0 Å². The van der Waals surface area contributed by atoms with Gasteiger partial charge in [0.25, 0.3) is 5.91 Å². The lowest BCUT2D eigenvalue weighted by atomic mass is 10.2. The van der Waals surface area contributed by atoms with Crippen LogP contribution in [0.2, 0.25) is 0 Å². The summed E-state index contributed by atoms with van der Waals surface area (Å²) in [6.45, 7) is 4.32. The second kappa shape index (κ2) is 6.75. The Morgan fingerprint density at radius 2 is 2.17 bits per heavy atom. The van der Waals surface area contributed by atoms with Crippen molar-refractivity contribution in [3.8, 4) is 5.75 Å². The van der Waals surface area contributed by atoms with Gasteiger partial charge in [0.1, 0.15) is 5.75 Å². The zero-order valence-electron chi connectivity index (χ0n) is 10.9. The number of para-hydroxylation sites is 1. The Morgan fingerprint density at radius 1 is 1.50 bits per heavy atom. The summed E-state index contributed by atoms with van der Waals surface area (Å²) in [4.78, 5) is 13.5. The molecule has 1 aromatic carbocycles. The van der Waals surface area contributed by atoms with E-state index >= 15 is 0 Å². The van der Waals surface area contributed by atoms with Crippen molar-refractivity contribution >= 4 is 21.8 Å². The van der Waals surface area contributed by atoms with Crippen molar-refractivity contribution in [2.45, 2.75) is 26.4 Å². The van der Waals surface area contributed by atoms with Gasteiger partial charge in [-0.3, -0.25) is 4.79 Å². The van der Waals surface area contributed by atoms with E-state index in [-0.39, 0.29) is 18.6 Å². The number of halogens is 1. The van der Waals surface area contributed by atoms with Gasteiger partial charge in [-0.2, -0.15) is 0 Å². The maximum Gasteiger partial charge on any atom is 0.260 e. The third kappa shape index (κ3) is 3.71. The summed E-state index contributed by atoms with van der Waals surface area (Å²) in [7, 11) is 1.76. The van der Waals surface area contributed by atoms with E-state index in [0.29, 0.717) is 12.3 Å². The zero-order chi connectivity index (χ0) is 13.7. The lowest BCUT2D eigenvalue weighted by molar-refractivity contribution is -0.133. The second-order valence-corrected chi connectivity index (χ2v) is 5.17. The second-order valence-electron chi connectivity index (χ2n) is 4.32. The van der Waals surface area contributed by atoms with E-state index in [1.807, 2.05) is 32.0 Å². The molecule has 2 N–H and O–H groups in total. The number of hydrogen-bond acceptors (Lipinski definition) is 3. The molecule has 1 rings (SSSR count). The van der Waals surface area contributed by atoms with Gasteiger partial charge >= 0.3 is 0 Å². The zero-order valence-corrected chi connectivity index (χ0v) is 12.5. The average molecular weight is 315 g/mol. The molecule has 0 fully saturated rings. The van der Waals surface area contributed by atoms with Crippen LogP contribution in [0.4, 0.5) is 0 Å². The molecule has 5 heteroatoms. The van der Waals surface area contributed by atoms with E-state index in [0.717, 1.165) is 10.0 Å². The summed E-state index contributed by atoms with van der Waals surface area (Å²) >= 11 is 3.40. The first-order chi connectivity index (χ1) is 8.47. The highest BCUT2D eigenvalue weighted by atomic mass is 79.9. The van der Waals surface area contributed by atoms with Gasteiger partial charge in [-0.1, -0.05) is 12.1 Å². The molecule has 0 spiro atoms. The molecule has 0 saturated carbocycles. The van der Waals surface area contributed by atoms with Gasteiger partial charge in [-0.15, -0.1) is 0 Å². The van der Waals surface area contributed by atoms with Gasteiger partial charge in [-0.05, 0) is 35.8 Å². The fraction of sp³-hybridized carbons (Fsp3) is 0.462. The van der Waals surface area contributed by atoms with Crippen LogP contribution in [0.15, 0.2) is 22.7 Å². The number of ether oxygens (including phenoxy) is 1. The molecule has 0 saturated heterocycles. The maximum atomic E-state index is 11.8. The van der Waals surface area contributed by atoms with Crippen molar-refractivity contribution in [1.82, 2.24) is 4.90 Å². The normalized spacial score (nSPS) is 10.6. The van der Waals surface area contributed by atoms with Gasteiger partial charge in [0.2, 0.25) is 0 Å². The number of carbonyl (C=O) groups is 1. The molecule has 0 aliphatic heterocycles. The molecule has 0 bridgehead atoms. The Labute approximate surface area is 116 Å². The fourth-order valence-electron chi connectivity index (χ4n) is 1.40. The highest BCUT2D eigenvalue weighted by Gasteiger charge is 2.14. The van der Waals surface area contributed by atoms with Crippen LogP contribution in [0.1, 0.15) is 19.4 Å². The molecule has 1 aromatic rings. The van der Waals surface area contributed by atoms with Crippen LogP contribution in [0.3, 0.4) is 0 Å². The van der Waals surface area contributed by atoms with Crippen LogP contribution in [0, 0.1) is 0 Å². The first-order valence-electron chi connectivity index (χ1n) is 5.83. The SMILES string of the molecule is CC(C)N(C)C(=O)COc1c(Br)cccc1CN. The molecule has 4 nitrogen and oxygen atoms in total. The largest absolute Gasteiger partial charge is 0.482 e. The summed E-state index contributed by atoms with van der Waals surface area (Å²) < 4.78 is 6.38. The van der Waals surface area contributed by atoms with E-state index in [1.165, 1.54) is 0 Å². The molecule has 0 atom stereocenters. The monoisotopic (exact) mass is 314 g/mol. The van der Waals surface area contributed by atoms with Crippen molar-refractivity contribution < 1.29 is 9.53 Å². The van der Waals surface area contributed by atoms with Crippen molar-refractivity contribution in [2.75, 3.05) is 13.7 Å². The summed E-state index contributed by atoms with van der Waals surface area (Å²) in [5.74, 6) is 0.592. The Bertz CT molecular complexity index is 421. The lowest BCUT2D eigenvalue weighted by Gasteiger charge is -2.22. The highest BCUT2D eigenvalue weighted by molar-refractivity contribution is 9.10. The minimum atomic E-state index is -0.0521. The van der Waals surface area contributed by atoms with Crippen molar-refractivity contribution in [3.63, 3.8) is 0 Å². The number of nitrogens with two attached hydrogens (primary N) is 1. The number of hydrogen-bond donors (Lipinski definition) is 1. The van der Waals surface area contributed by atoms with Crippen molar-refractivity contribution in [1.29, 1.82) is 0 Å². The van der Waals surface area contributed by atoms with E-state index in [1.54, 1.807) is 11.9 Å². The number of carbonyl (C=O) groups excluding carboxylic acids is 1. The molecular formula is C13H19BrN2O2. The van der Waals surface area contributed by atoms with Gasteiger partial charge in [-0.25, -0.2) is 0 Å². The molecule has 0 aliphatic rings. The van der Waals surface area contributed by atoms with Crippen LogP contribution in [-0.4, -0.2) is 30.5 Å². The molecule has 1 amide bonds. The summed E-state index contributed by atoms with van der Waals surface area (Å²) in [6.07, 6.45) is 0. The maximum absolute atomic E-state index is 11.8. The Morgan fingerprint density at radius 3 is 2.72 bits per heavy atom. The van der Waals surface area contributed by atoms with E-state index in [9.17, 15) is 4.79 Å². The lowest BCUT2D eigenvalue weighted by Crippen LogP contribution is -2.36. The topological polar surface area (TPSA) is 55.6 Å². The van der Waals surface area contributed by atoms with Gasteiger partial charge < -0.3 is 15.4 Å². The third-order valence-electron chi connectivity index (χ3n) is 2.78. The smallest absolute Gasteiger partial charge is 0.260 e. The van der Waals surface area contributed by atoms with Crippen LogP contribution in [-0.2, 0) is 11.3 Å². The molecule has 0 unspecified atom stereocenters. The predicted octanol–water partition coefficient (Wildman–Crippen LogP) is 2.15. The van der Waals surface area contributed by atoms with Gasteiger partial charge in [0.15, 0.2) is 6.61 Å². The van der Waals surface area contributed by atoms with Gasteiger partial charge in [0, 0.05) is 25.2 Å². The number of likely N-dealkylation sites (N-methyl/N-ethyl adjacent to an activating group) is 1. The molecule has 18 heavy (non-hydrogen) atoms. The summed E-state index contributed by atoms with van der Waals surface area (Å²) in [5, 5.41) is 0. The van der Waals surface area contributed by atoms with Crippen LogP contribution < -0.4 is 10.5 Å². The standard InChI is InChI=1S/C13H19BrN2O2/c1-9(2)16(3)12(17)8-18-13-10(7-15)5-4-6-11(13)14/h4-6,9H,7-8,15H2,1-3H3. The molecule has 0 aromatic heterocycles. The number of rotatable bonds is 5. The van der Waals surface area contributed by atoms with Crippen LogP contribution >= 0.6 is 15.9 Å². The average Bonchev–Trinajstić information content (AvgIpc) is 2.35. The molecule has 0 heterocycles. The molecule has 0 radical (unpaired) electrons. The highest BCUT2D eigenvalue weighted by Crippen LogP contribution is 2.28. The first-order valence-corrected chi connectivity index (χ1v) is 6.62. The molecule has 100 valence electrons. The molecule has 0 aliphatic carbocycles. The minimum Gasteiger partial charge on any atom is -0.482 e. The van der Waals surface area contributed by atoms with Crippen molar-refractivity contribution in [3.05, 3.63) is 28.2 Å². The predicted molar refractivity (Wildman–Crippen MR) is 75.4 cm³/mol. The fourth-order valence-corrected chi connectivity index (χ4v) is 1.92. The summed E-state index contributed by atoms with van der Waals surface area (Å²) in [6, 6.07) is 5.80. The van der Waals surface area contributed by atoms with Crippen LogP contribution in [0.5, 0.6) is 5.75 Å². The quantitative estimate of drug-likeness (QED) is 0.906. The van der Waals surface area contributed by atoms with E-state index in [2.05, 4.69) is 15.9 Å². The Kier molecular flexibility index (Phi) is 5.62. The minimum absolute atomic E-state index is 0.0181. The number of nitrogens with zero attached hydrogens (tertiary/aromatic N) is 1. The Balaban J connectivity index is 2.72. The van der Waals surface area contributed by atoms with Crippen LogP contribution in [0.25, 0.3) is 0 Å². The third-order valence-corrected chi connectivity index (χ3v) is 3.40. The molecular weight excluding hydrogens is 296 g/mol. The Hall–Kier alpha value is -1.07. The van der Waals surface area contributed by atoms with Gasteiger partial charge in [0.05, 0.1) is 4.47 Å². The number of benzene rings is 1. The number of amides is 1.